The number of ether oxygens (including phenoxy) is 1. The minimum Gasteiger partial charge on any atom is -0.490 e. The fourth-order valence-corrected chi connectivity index (χ4v) is 8.85. The average molecular weight is 672 g/mol. The van der Waals surface area contributed by atoms with Crippen LogP contribution in [-0.2, 0) is 19.3 Å². The van der Waals surface area contributed by atoms with Crippen LogP contribution in [0.5, 0.6) is 5.75 Å². The zero-order chi connectivity index (χ0) is 34.5. The van der Waals surface area contributed by atoms with Gasteiger partial charge in [0.2, 0.25) is 0 Å². The van der Waals surface area contributed by atoms with Crippen LogP contribution in [0.2, 0.25) is 0 Å². The van der Waals surface area contributed by atoms with Gasteiger partial charge in [-0.15, -0.1) is 0 Å². The molecule has 50 heavy (non-hydrogen) atoms. The van der Waals surface area contributed by atoms with Crippen LogP contribution in [-0.4, -0.2) is 11.1 Å². The average Bonchev–Trinajstić information content (AvgIpc) is 3.15. The number of benzene rings is 3. The van der Waals surface area contributed by atoms with Gasteiger partial charge in [-0.1, -0.05) is 113 Å². The van der Waals surface area contributed by atoms with Crippen LogP contribution in [0.15, 0.2) is 72.8 Å². The van der Waals surface area contributed by atoms with Crippen molar-refractivity contribution < 1.29 is 4.74 Å². The van der Waals surface area contributed by atoms with Crippen LogP contribution in [0.1, 0.15) is 151 Å². The van der Waals surface area contributed by atoms with Gasteiger partial charge in [0.1, 0.15) is 5.75 Å². The van der Waals surface area contributed by atoms with Gasteiger partial charge in [-0.2, -0.15) is 0 Å². The highest BCUT2D eigenvalue weighted by atomic mass is 16.5. The van der Waals surface area contributed by atoms with Crippen LogP contribution in [0.25, 0.3) is 21.7 Å². The molecule has 0 amide bonds. The maximum atomic E-state index is 6.46. The third-order valence-corrected chi connectivity index (χ3v) is 12.3. The van der Waals surface area contributed by atoms with E-state index in [4.69, 9.17) is 9.72 Å². The molecular formula is C48H65NO. The first kappa shape index (κ1) is 36.7. The third kappa shape index (κ3) is 10.7. The number of unbranched alkanes of at least 4 members (excludes halogenated alkanes) is 5. The highest BCUT2D eigenvalue weighted by Crippen LogP contribution is 2.33. The monoisotopic (exact) mass is 672 g/mol. The molecule has 6 rings (SSSR count). The molecule has 1 heterocycles. The molecule has 0 atom stereocenters. The van der Waals surface area contributed by atoms with E-state index in [1.165, 1.54) is 178 Å². The molecule has 0 unspecified atom stereocenters. The Morgan fingerprint density at radius 1 is 0.640 bits per heavy atom. The molecule has 4 aromatic rings. The van der Waals surface area contributed by atoms with Gasteiger partial charge in [-0.25, -0.2) is 0 Å². The Kier molecular flexibility index (Phi) is 13.9. The van der Waals surface area contributed by atoms with E-state index in [1.54, 1.807) is 0 Å². The number of nitrogens with zero attached hydrogens (tertiary/aromatic N) is 1. The molecule has 2 aliphatic rings. The first-order valence-corrected chi connectivity index (χ1v) is 20.8. The molecule has 2 nitrogen and oxygen atoms in total. The maximum absolute atomic E-state index is 6.46. The molecule has 2 saturated carbocycles. The molecule has 3 aromatic carbocycles. The predicted octanol–water partition coefficient (Wildman–Crippen LogP) is 14.0. The molecule has 0 radical (unpaired) electrons. The minimum atomic E-state index is 0.363. The Hall–Kier alpha value is -3.13. The van der Waals surface area contributed by atoms with Crippen LogP contribution < -0.4 is 4.74 Å². The highest BCUT2D eigenvalue weighted by Gasteiger charge is 2.22. The van der Waals surface area contributed by atoms with E-state index in [1.807, 2.05) is 0 Å². The van der Waals surface area contributed by atoms with Crippen molar-refractivity contribution in [2.45, 2.75) is 161 Å². The van der Waals surface area contributed by atoms with Gasteiger partial charge in [0, 0.05) is 16.5 Å². The van der Waals surface area contributed by atoms with Gasteiger partial charge in [-0.3, -0.25) is 4.98 Å². The number of hydrogen-bond donors (Lipinski definition) is 0. The third-order valence-electron chi connectivity index (χ3n) is 12.3. The number of hydrogen-bond acceptors (Lipinski definition) is 2. The summed E-state index contributed by atoms with van der Waals surface area (Å²) in [6, 6.07) is 23.2. The van der Waals surface area contributed by atoms with Crippen molar-refractivity contribution in [1.82, 2.24) is 4.98 Å². The Balaban J connectivity index is 0.904. The molecule has 2 aliphatic carbocycles. The number of fused-ring (bicyclic) bond motifs is 3. The van der Waals surface area contributed by atoms with Gasteiger partial charge in [0.05, 0.1) is 11.6 Å². The molecule has 2 fully saturated rings. The summed E-state index contributed by atoms with van der Waals surface area (Å²) >= 11 is 0. The molecule has 268 valence electrons. The van der Waals surface area contributed by atoms with Crippen molar-refractivity contribution in [1.29, 1.82) is 0 Å². The van der Waals surface area contributed by atoms with Crippen LogP contribution in [0, 0.1) is 18.8 Å². The smallest absolute Gasteiger partial charge is 0.119 e. The number of aryl methyl sites for hydroxylation is 4. The molecule has 0 bridgehead atoms. The number of aromatic nitrogens is 1. The highest BCUT2D eigenvalue weighted by molar-refractivity contribution is 6.06. The topological polar surface area (TPSA) is 22.1 Å². The predicted molar refractivity (Wildman–Crippen MR) is 215 cm³/mol. The lowest BCUT2D eigenvalue weighted by atomic mass is 9.83. The van der Waals surface area contributed by atoms with Gasteiger partial charge in [-0.05, 0) is 149 Å². The van der Waals surface area contributed by atoms with Crippen molar-refractivity contribution in [3.63, 3.8) is 0 Å². The molecular weight excluding hydrogens is 607 g/mol. The number of allylic oxidation sites excluding steroid dienone is 1. The standard InChI is InChI=1S/C48H65NO/c1-4-36(2)14-10-7-5-6-8-11-17-39-22-28-43(29-23-39)50-44-30-24-40(25-31-44)19-20-41-26-32-45-46-33-27-42(21-18-38-15-12-9-13-16-38)35-48(46)49-37(3)47(45)34-41/h22-23,26-29,32-35,38,40,44H,2,4-21,24-25,30-31H2,1,3H3. The van der Waals surface area contributed by atoms with Gasteiger partial charge in [0.15, 0.2) is 0 Å². The largest absolute Gasteiger partial charge is 0.490 e. The second-order valence-electron chi connectivity index (χ2n) is 16.1. The van der Waals surface area contributed by atoms with Crippen LogP contribution >= 0.6 is 0 Å². The Bertz CT molecular complexity index is 1640. The molecule has 0 N–H and O–H groups in total. The van der Waals surface area contributed by atoms with E-state index in [-0.39, 0.29) is 0 Å². The molecule has 0 saturated heterocycles. The fraction of sp³-hybridized carbons (Fsp3) is 0.562. The van der Waals surface area contributed by atoms with Crippen LogP contribution in [0.4, 0.5) is 0 Å². The summed E-state index contributed by atoms with van der Waals surface area (Å²) < 4.78 is 6.46. The summed E-state index contributed by atoms with van der Waals surface area (Å²) in [4.78, 5) is 5.12. The molecule has 2 heteroatoms. The summed E-state index contributed by atoms with van der Waals surface area (Å²) in [6.07, 6.45) is 28.9. The zero-order valence-electron chi connectivity index (χ0n) is 31.6. The second kappa shape index (κ2) is 18.9. The normalized spacial score (nSPS) is 18.5. The zero-order valence-corrected chi connectivity index (χ0v) is 31.6. The van der Waals surface area contributed by atoms with Gasteiger partial charge < -0.3 is 4.74 Å². The van der Waals surface area contributed by atoms with Crippen molar-refractivity contribution in [3.05, 3.63) is 95.2 Å². The summed E-state index contributed by atoms with van der Waals surface area (Å²) in [5.41, 5.74) is 8.10. The Labute approximate surface area is 304 Å². The Morgan fingerprint density at radius 2 is 1.26 bits per heavy atom. The summed E-state index contributed by atoms with van der Waals surface area (Å²) in [6.45, 7) is 8.54. The SMILES string of the molecule is C=C(CC)CCCCCCCCc1ccc(OC2CCC(CCc3ccc4c(c3)c(C)nc3cc(CCC5CCCCC5)ccc34)CC2)cc1. The summed E-state index contributed by atoms with van der Waals surface area (Å²) in [5, 5.41) is 3.99. The van der Waals surface area contributed by atoms with E-state index < -0.39 is 0 Å². The van der Waals surface area contributed by atoms with Crippen molar-refractivity contribution >= 4 is 21.7 Å². The van der Waals surface area contributed by atoms with E-state index in [0.29, 0.717) is 6.10 Å². The van der Waals surface area contributed by atoms with E-state index in [9.17, 15) is 0 Å². The Morgan fingerprint density at radius 3 is 1.98 bits per heavy atom. The van der Waals surface area contributed by atoms with Gasteiger partial charge >= 0.3 is 0 Å². The van der Waals surface area contributed by atoms with Crippen LogP contribution in [0.3, 0.4) is 0 Å². The quantitative estimate of drug-likeness (QED) is 0.0597. The lowest BCUT2D eigenvalue weighted by Crippen LogP contribution is -2.24. The second-order valence-corrected chi connectivity index (χ2v) is 16.1. The lowest BCUT2D eigenvalue weighted by molar-refractivity contribution is 0.128. The molecule has 0 spiro atoms. The maximum Gasteiger partial charge on any atom is 0.119 e. The molecule has 0 aliphatic heterocycles. The first-order valence-electron chi connectivity index (χ1n) is 20.8. The van der Waals surface area contributed by atoms with Crippen molar-refractivity contribution in [2.24, 2.45) is 11.8 Å². The summed E-state index contributed by atoms with van der Waals surface area (Å²) in [7, 11) is 0. The molecule has 1 aromatic heterocycles. The lowest BCUT2D eigenvalue weighted by Gasteiger charge is -2.29. The fourth-order valence-electron chi connectivity index (χ4n) is 8.85. The van der Waals surface area contributed by atoms with Crippen molar-refractivity contribution in [3.8, 4) is 5.75 Å². The summed E-state index contributed by atoms with van der Waals surface area (Å²) in [5.74, 6) is 2.78. The van der Waals surface area contributed by atoms with Crippen molar-refractivity contribution in [2.75, 3.05) is 0 Å². The number of rotatable bonds is 18. The van der Waals surface area contributed by atoms with E-state index in [2.05, 4.69) is 81.1 Å². The van der Waals surface area contributed by atoms with E-state index >= 15 is 0 Å². The van der Waals surface area contributed by atoms with Gasteiger partial charge in [0.25, 0.3) is 0 Å². The number of pyridine rings is 1. The first-order chi connectivity index (χ1) is 24.5. The minimum absolute atomic E-state index is 0.363. The van der Waals surface area contributed by atoms with E-state index in [0.717, 1.165) is 30.4 Å².